The van der Waals surface area contributed by atoms with E-state index < -0.39 is 0 Å². The van der Waals surface area contributed by atoms with Crippen LogP contribution in [0.2, 0.25) is 0 Å². The van der Waals surface area contributed by atoms with Gasteiger partial charge in [0.05, 0.1) is 17.3 Å². The van der Waals surface area contributed by atoms with Crippen molar-refractivity contribution in [1.82, 2.24) is 20.2 Å². The highest BCUT2D eigenvalue weighted by Gasteiger charge is 2.04. The van der Waals surface area contributed by atoms with Gasteiger partial charge in [-0.1, -0.05) is 12.1 Å². The summed E-state index contributed by atoms with van der Waals surface area (Å²) in [5, 5.41) is 23.7. The number of anilines is 1. The van der Waals surface area contributed by atoms with E-state index >= 15 is 0 Å². The molecule has 0 radical (unpaired) electrons. The minimum Gasteiger partial charge on any atom is -0.492 e. The van der Waals surface area contributed by atoms with E-state index in [0.29, 0.717) is 24.5 Å². The Morgan fingerprint density at radius 2 is 2.08 bits per heavy atom. The van der Waals surface area contributed by atoms with Crippen molar-refractivity contribution in [2.45, 2.75) is 6.92 Å². The van der Waals surface area contributed by atoms with E-state index in [4.69, 9.17) is 10.00 Å². The van der Waals surface area contributed by atoms with E-state index in [-0.39, 0.29) is 0 Å². The topological polar surface area (TPSA) is 88.7 Å². The molecule has 0 fully saturated rings. The first kappa shape index (κ1) is 15.5. The van der Waals surface area contributed by atoms with Gasteiger partial charge in [-0.3, -0.25) is 0 Å². The summed E-state index contributed by atoms with van der Waals surface area (Å²) in [6.07, 6.45) is 0. The van der Waals surface area contributed by atoms with Gasteiger partial charge in [-0.15, -0.1) is 5.10 Å². The zero-order valence-electron chi connectivity index (χ0n) is 13.2. The number of ether oxygens (including phenoxy) is 1. The van der Waals surface area contributed by atoms with Gasteiger partial charge in [0.15, 0.2) is 5.82 Å². The molecule has 24 heavy (non-hydrogen) atoms. The number of hydrogen-bond donors (Lipinski definition) is 1. The smallest absolute Gasteiger partial charge is 0.153 e. The van der Waals surface area contributed by atoms with Crippen LogP contribution in [0.5, 0.6) is 5.75 Å². The summed E-state index contributed by atoms with van der Waals surface area (Å²) in [5.74, 6) is 1.42. The van der Waals surface area contributed by atoms with Crippen LogP contribution >= 0.6 is 0 Å². The summed E-state index contributed by atoms with van der Waals surface area (Å²) in [7, 11) is 0. The lowest BCUT2D eigenvalue weighted by molar-refractivity contribution is 0.333. The van der Waals surface area contributed by atoms with E-state index in [1.165, 1.54) is 0 Å². The van der Waals surface area contributed by atoms with Crippen molar-refractivity contribution in [2.75, 3.05) is 18.5 Å². The number of rotatable bonds is 6. The van der Waals surface area contributed by atoms with Crippen LogP contribution in [-0.2, 0) is 0 Å². The maximum Gasteiger partial charge on any atom is 0.153 e. The number of tetrazole rings is 1. The number of benzene rings is 2. The number of nitrogens with one attached hydrogen (secondary N) is 1. The van der Waals surface area contributed by atoms with Crippen LogP contribution in [0.3, 0.4) is 0 Å². The van der Waals surface area contributed by atoms with Crippen LogP contribution < -0.4 is 10.1 Å². The summed E-state index contributed by atoms with van der Waals surface area (Å²) >= 11 is 0. The standard InChI is InChI=1S/C17H16N6O/c1-13-20-21-22-23(13)16-6-3-5-15(11-16)19-8-9-24-17-7-2-4-14(10-17)12-18/h2-7,10-11,19H,8-9H2,1H3. The molecule has 1 aromatic heterocycles. The summed E-state index contributed by atoms with van der Waals surface area (Å²) in [6, 6.07) is 17.0. The van der Waals surface area contributed by atoms with Crippen molar-refractivity contribution in [2.24, 2.45) is 0 Å². The summed E-state index contributed by atoms with van der Waals surface area (Å²) in [5.41, 5.74) is 2.44. The molecule has 0 atom stereocenters. The molecular weight excluding hydrogens is 304 g/mol. The molecule has 0 aliphatic carbocycles. The molecule has 120 valence electrons. The Morgan fingerprint density at radius 1 is 1.21 bits per heavy atom. The lowest BCUT2D eigenvalue weighted by Crippen LogP contribution is -2.12. The Hall–Kier alpha value is -3.40. The second-order valence-electron chi connectivity index (χ2n) is 5.10. The molecule has 0 bridgehead atoms. The van der Waals surface area contributed by atoms with Gasteiger partial charge >= 0.3 is 0 Å². The Balaban J connectivity index is 1.56. The summed E-state index contributed by atoms with van der Waals surface area (Å²) in [4.78, 5) is 0. The molecule has 0 spiro atoms. The van der Waals surface area contributed by atoms with E-state index in [9.17, 15) is 0 Å². The molecule has 7 nitrogen and oxygen atoms in total. The van der Waals surface area contributed by atoms with E-state index in [1.807, 2.05) is 37.3 Å². The molecule has 1 heterocycles. The molecular formula is C17H16N6O. The van der Waals surface area contributed by atoms with E-state index in [0.717, 1.165) is 17.2 Å². The predicted molar refractivity (Wildman–Crippen MR) is 89.0 cm³/mol. The number of nitriles is 1. The Labute approximate surface area is 139 Å². The van der Waals surface area contributed by atoms with Gasteiger partial charge in [-0.25, -0.2) is 0 Å². The van der Waals surface area contributed by atoms with Crippen LogP contribution in [-0.4, -0.2) is 33.4 Å². The highest BCUT2D eigenvalue weighted by Crippen LogP contribution is 2.15. The molecule has 2 aromatic carbocycles. The summed E-state index contributed by atoms with van der Waals surface area (Å²) < 4.78 is 7.32. The third kappa shape index (κ3) is 3.67. The molecule has 7 heteroatoms. The third-order valence-electron chi connectivity index (χ3n) is 3.38. The molecule has 0 unspecified atom stereocenters. The molecule has 3 aromatic rings. The first-order valence-corrected chi connectivity index (χ1v) is 7.48. The van der Waals surface area contributed by atoms with Crippen LogP contribution in [0.4, 0.5) is 5.69 Å². The van der Waals surface area contributed by atoms with Gasteiger partial charge in [0.1, 0.15) is 12.4 Å². The van der Waals surface area contributed by atoms with Crippen molar-refractivity contribution in [1.29, 1.82) is 5.26 Å². The van der Waals surface area contributed by atoms with Gasteiger partial charge in [0.2, 0.25) is 0 Å². The number of aromatic nitrogens is 4. The molecule has 0 saturated heterocycles. The van der Waals surface area contributed by atoms with Crippen molar-refractivity contribution < 1.29 is 4.74 Å². The fraction of sp³-hybridized carbons (Fsp3) is 0.176. The maximum atomic E-state index is 8.87. The van der Waals surface area contributed by atoms with Crippen molar-refractivity contribution in [3.8, 4) is 17.5 Å². The zero-order valence-corrected chi connectivity index (χ0v) is 13.2. The first-order chi connectivity index (χ1) is 11.8. The van der Waals surface area contributed by atoms with Gasteiger partial charge in [-0.2, -0.15) is 9.94 Å². The second kappa shape index (κ2) is 7.24. The Kier molecular flexibility index (Phi) is 4.68. The van der Waals surface area contributed by atoms with Crippen LogP contribution in [0.1, 0.15) is 11.4 Å². The molecule has 1 N–H and O–H groups in total. The van der Waals surface area contributed by atoms with Crippen LogP contribution in [0.15, 0.2) is 48.5 Å². The first-order valence-electron chi connectivity index (χ1n) is 7.48. The lowest BCUT2D eigenvalue weighted by atomic mass is 10.2. The highest BCUT2D eigenvalue weighted by molar-refractivity contribution is 5.51. The number of aryl methyl sites for hydroxylation is 1. The van der Waals surface area contributed by atoms with Crippen molar-refractivity contribution in [3.63, 3.8) is 0 Å². The van der Waals surface area contributed by atoms with Crippen LogP contribution in [0, 0.1) is 18.3 Å². The largest absolute Gasteiger partial charge is 0.492 e. The average Bonchev–Trinajstić information content (AvgIpc) is 3.05. The normalized spacial score (nSPS) is 10.2. The molecule has 0 saturated carbocycles. The molecule has 0 aliphatic heterocycles. The molecule has 3 rings (SSSR count). The summed E-state index contributed by atoms with van der Waals surface area (Å²) in [6.45, 7) is 2.97. The van der Waals surface area contributed by atoms with Gasteiger partial charge in [0.25, 0.3) is 0 Å². The zero-order chi connectivity index (χ0) is 16.8. The minimum absolute atomic E-state index is 0.489. The van der Waals surface area contributed by atoms with Gasteiger partial charge in [0, 0.05) is 12.2 Å². The van der Waals surface area contributed by atoms with Crippen molar-refractivity contribution in [3.05, 3.63) is 59.9 Å². The highest BCUT2D eigenvalue weighted by atomic mass is 16.5. The van der Waals surface area contributed by atoms with Crippen molar-refractivity contribution >= 4 is 5.69 Å². The third-order valence-corrected chi connectivity index (χ3v) is 3.38. The Bertz CT molecular complexity index is 867. The molecule has 0 amide bonds. The fourth-order valence-electron chi connectivity index (χ4n) is 2.24. The quantitative estimate of drug-likeness (QED) is 0.701. The minimum atomic E-state index is 0.489. The predicted octanol–water partition coefficient (Wildman–Crippen LogP) is 2.33. The van der Waals surface area contributed by atoms with Crippen LogP contribution in [0.25, 0.3) is 5.69 Å². The lowest BCUT2D eigenvalue weighted by Gasteiger charge is -2.10. The van der Waals surface area contributed by atoms with E-state index in [1.54, 1.807) is 22.9 Å². The SMILES string of the molecule is Cc1nnnn1-c1cccc(NCCOc2cccc(C#N)c2)c1. The number of nitrogens with zero attached hydrogens (tertiary/aromatic N) is 5. The Morgan fingerprint density at radius 3 is 2.88 bits per heavy atom. The number of hydrogen-bond acceptors (Lipinski definition) is 6. The van der Waals surface area contributed by atoms with E-state index in [2.05, 4.69) is 26.9 Å². The van der Waals surface area contributed by atoms with Gasteiger partial charge < -0.3 is 10.1 Å². The molecule has 0 aliphatic rings. The second-order valence-corrected chi connectivity index (χ2v) is 5.10. The maximum absolute atomic E-state index is 8.87. The monoisotopic (exact) mass is 320 g/mol. The fourth-order valence-corrected chi connectivity index (χ4v) is 2.24. The van der Waals surface area contributed by atoms with Gasteiger partial charge in [-0.05, 0) is 53.7 Å². The average molecular weight is 320 g/mol.